The lowest BCUT2D eigenvalue weighted by atomic mass is 10.1. The van der Waals surface area contributed by atoms with Gasteiger partial charge in [-0.2, -0.15) is 13.2 Å². The minimum atomic E-state index is -4.47. The number of alkyl halides is 3. The van der Waals surface area contributed by atoms with Gasteiger partial charge in [0.05, 0.1) is 16.6 Å². The standard InChI is InChI=1S/C18H16F3N4O2/c1-2-22-12-8-14(25-17-15(12)10(9-23-17)18(19,20)21)24-11-4-3-5-13-16(11)27-7-6-26-13/h3-4,8-9H,2,6-7H2,1H3,(H3,22,23,24,25). The number of nitrogens with zero attached hydrogens (tertiary/aromatic N) is 1. The average molecular weight is 377 g/mol. The zero-order valence-corrected chi connectivity index (χ0v) is 14.3. The fraction of sp³-hybridized carbons (Fsp3) is 0.278. The molecule has 27 heavy (non-hydrogen) atoms. The molecule has 0 fully saturated rings. The molecule has 0 bridgehead atoms. The van der Waals surface area contributed by atoms with Crippen LogP contribution in [0.1, 0.15) is 12.5 Å². The summed E-state index contributed by atoms with van der Waals surface area (Å²) in [6.07, 6.45) is -3.54. The molecule has 1 aliphatic heterocycles. The molecular weight excluding hydrogens is 361 g/mol. The number of H-pyrrole nitrogens is 1. The van der Waals surface area contributed by atoms with E-state index in [4.69, 9.17) is 9.47 Å². The highest BCUT2D eigenvalue weighted by Crippen LogP contribution is 2.41. The summed E-state index contributed by atoms with van der Waals surface area (Å²) in [4.78, 5) is 6.89. The molecule has 1 aliphatic rings. The van der Waals surface area contributed by atoms with Crippen molar-refractivity contribution in [2.75, 3.05) is 30.4 Å². The van der Waals surface area contributed by atoms with Gasteiger partial charge >= 0.3 is 6.18 Å². The maximum absolute atomic E-state index is 13.3. The monoisotopic (exact) mass is 377 g/mol. The zero-order chi connectivity index (χ0) is 19.0. The van der Waals surface area contributed by atoms with Gasteiger partial charge in [0, 0.05) is 30.6 Å². The second kappa shape index (κ2) is 6.57. The first-order valence-corrected chi connectivity index (χ1v) is 8.38. The molecule has 1 radical (unpaired) electrons. The van der Waals surface area contributed by atoms with Gasteiger partial charge in [-0.05, 0) is 19.1 Å². The van der Waals surface area contributed by atoms with Gasteiger partial charge in [0.2, 0.25) is 0 Å². The molecule has 3 N–H and O–H groups in total. The van der Waals surface area contributed by atoms with Crippen LogP contribution in [0.15, 0.2) is 24.4 Å². The number of aromatic amines is 1. The first-order valence-electron chi connectivity index (χ1n) is 8.38. The summed E-state index contributed by atoms with van der Waals surface area (Å²) in [5, 5.41) is 6.08. The minimum absolute atomic E-state index is 0.0120. The third-order valence-corrected chi connectivity index (χ3v) is 4.07. The van der Waals surface area contributed by atoms with Crippen LogP contribution < -0.4 is 20.1 Å². The van der Waals surface area contributed by atoms with Gasteiger partial charge in [-0.25, -0.2) is 4.98 Å². The van der Waals surface area contributed by atoms with E-state index >= 15 is 0 Å². The van der Waals surface area contributed by atoms with Gasteiger partial charge in [0.1, 0.15) is 24.7 Å². The smallest absolute Gasteiger partial charge is 0.418 e. The molecule has 4 rings (SSSR count). The normalized spacial score (nSPS) is 13.6. The molecule has 0 amide bonds. The van der Waals surface area contributed by atoms with Crippen molar-refractivity contribution in [2.24, 2.45) is 0 Å². The van der Waals surface area contributed by atoms with E-state index in [0.717, 1.165) is 6.20 Å². The zero-order valence-electron chi connectivity index (χ0n) is 14.3. The van der Waals surface area contributed by atoms with E-state index in [-0.39, 0.29) is 11.0 Å². The van der Waals surface area contributed by atoms with E-state index < -0.39 is 11.7 Å². The molecule has 0 atom stereocenters. The number of pyridine rings is 1. The fourth-order valence-electron chi connectivity index (χ4n) is 2.99. The van der Waals surface area contributed by atoms with Gasteiger partial charge in [-0.1, -0.05) is 0 Å². The first kappa shape index (κ1) is 17.3. The molecule has 3 heterocycles. The number of anilines is 3. The Labute approximate surface area is 152 Å². The highest BCUT2D eigenvalue weighted by atomic mass is 19.4. The number of nitrogens with one attached hydrogen (secondary N) is 3. The number of aromatic nitrogens is 2. The van der Waals surface area contributed by atoms with E-state index in [9.17, 15) is 13.2 Å². The Bertz CT molecular complexity index is 985. The van der Waals surface area contributed by atoms with Crippen molar-refractivity contribution in [3.63, 3.8) is 0 Å². The van der Waals surface area contributed by atoms with Gasteiger partial charge in [-0.3, -0.25) is 0 Å². The van der Waals surface area contributed by atoms with Crippen LogP contribution in [0.2, 0.25) is 0 Å². The Hall–Kier alpha value is -3.10. The molecule has 9 heteroatoms. The Balaban J connectivity index is 1.78. The van der Waals surface area contributed by atoms with E-state index in [1.54, 1.807) is 18.2 Å². The number of hydrogen-bond acceptors (Lipinski definition) is 5. The van der Waals surface area contributed by atoms with E-state index in [2.05, 4.69) is 26.7 Å². The van der Waals surface area contributed by atoms with E-state index in [1.165, 1.54) is 0 Å². The number of fused-ring (bicyclic) bond motifs is 2. The van der Waals surface area contributed by atoms with Crippen molar-refractivity contribution in [1.82, 2.24) is 9.97 Å². The molecule has 2 aromatic heterocycles. The lowest BCUT2D eigenvalue weighted by Gasteiger charge is -2.21. The number of hydrogen-bond donors (Lipinski definition) is 3. The number of rotatable bonds is 4. The highest BCUT2D eigenvalue weighted by molar-refractivity contribution is 5.95. The first-order chi connectivity index (χ1) is 13.0. The summed E-state index contributed by atoms with van der Waals surface area (Å²) in [5.74, 6) is 1.35. The van der Waals surface area contributed by atoms with Crippen LogP contribution in [0.3, 0.4) is 0 Å². The molecule has 3 aromatic rings. The molecule has 1 aromatic carbocycles. The molecule has 6 nitrogen and oxygen atoms in total. The van der Waals surface area contributed by atoms with Crippen molar-refractivity contribution in [2.45, 2.75) is 13.1 Å². The molecule has 0 saturated carbocycles. The number of ether oxygens (including phenoxy) is 2. The van der Waals surface area contributed by atoms with Crippen LogP contribution in [0.5, 0.6) is 11.5 Å². The predicted octanol–water partition coefficient (Wildman–Crippen LogP) is 4.33. The minimum Gasteiger partial charge on any atom is -0.485 e. The van der Waals surface area contributed by atoms with Crippen molar-refractivity contribution in [3.05, 3.63) is 36.0 Å². The quantitative estimate of drug-likeness (QED) is 0.631. The van der Waals surface area contributed by atoms with Crippen LogP contribution in [0, 0.1) is 6.07 Å². The average Bonchev–Trinajstić information content (AvgIpc) is 3.07. The maximum Gasteiger partial charge on any atom is 0.418 e. The van der Waals surface area contributed by atoms with Crippen LogP contribution in [0.4, 0.5) is 30.4 Å². The summed E-state index contributed by atoms with van der Waals surface area (Å²) >= 11 is 0. The van der Waals surface area contributed by atoms with Crippen LogP contribution >= 0.6 is 0 Å². The second-order valence-electron chi connectivity index (χ2n) is 5.88. The van der Waals surface area contributed by atoms with Crippen molar-refractivity contribution < 1.29 is 22.6 Å². The Morgan fingerprint density at radius 2 is 2.07 bits per heavy atom. The van der Waals surface area contributed by atoms with Gasteiger partial charge < -0.3 is 25.1 Å². The van der Waals surface area contributed by atoms with Gasteiger partial charge in [0.15, 0.2) is 11.5 Å². The SMILES string of the molecule is CCNc1cc(Nc2cc[c]c3c2OCCO3)nc2[nH]cc(C(F)(F)F)c12. The van der Waals surface area contributed by atoms with Gasteiger partial charge in [0.25, 0.3) is 0 Å². The molecule has 0 spiro atoms. The van der Waals surface area contributed by atoms with Gasteiger partial charge in [-0.15, -0.1) is 0 Å². The molecule has 141 valence electrons. The van der Waals surface area contributed by atoms with E-state index in [0.29, 0.717) is 48.5 Å². The highest BCUT2D eigenvalue weighted by Gasteiger charge is 2.35. The summed E-state index contributed by atoms with van der Waals surface area (Å²) in [6, 6.07) is 7.90. The topological polar surface area (TPSA) is 71.2 Å². The van der Waals surface area contributed by atoms with Crippen LogP contribution in [0.25, 0.3) is 11.0 Å². The lowest BCUT2D eigenvalue weighted by molar-refractivity contribution is -0.136. The molecule has 0 aliphatic carbocycles. The largest absolute Gasteiger partial charge is 0.485 e. The summed E-state index contributed by atoms with van der Waals surface area (Å²) < 4.78 is 51.0. The van der Waals surface area contributed by atoms with E-state index in [1.807, 2.05) is 6.92 Å². The Morgan fingerprint density at radius 3 is 2.85 bits per heavy atom. The van der Waals surface area contributed by atoms with Crippen molar-refractivity contribution in [3.8, 4) is 11.5 Å². The third-order valence-electron chi connectivity index (χ3n) is 4.07. The molecular formula is C18H16F3N4O2. The maximum atomic E-state index is 13.3. The summed E-state index contributed by atoms with van der Waals surface area (Å²) in [6.45, 7) is 3.12. The summed E-state index contributed by atoms with van der Waals surface area (Å²) in [5.41, 5.74) is 0.320. The second-order valence-corrected chi connectivity index (χ2v) is 5.88. The fourth-order valence-corrected chi connectivity index (χ4v) is 2.99. The Kier molecular flexibility index (Phi) is 4.21. The molecule has 0 saturated heterocycles. The lowest BCUT2D eigenvalue weighted by Crippen LogP contribution is -2.16. The summed E-state index contributed by atoms with van der Waals surface area (Å²) in [7, 11) is 0. The van der Waals surface area contributed by atoms with Crippen LogP contribution in [-0.2, 0) is 6.18 Å². The Morgan fingerprint density at radius 1 is 1.26 bits per heavy atom. The number of halogens is 3. The van der Waals surface area contributed by atoms with Crippen molar-refractivity contribution >= 4 is 28.2 Å². The third kappa shape index (κ3) is 3.20. The predicted molar refractivity (Wildman–Crippen MR) is 94.8 cm³/mol. The number of benzene rings is 1. The van der Waals surface area contributed by atoms with Crippen LogP contribution in [-0.4, -0.2) is 29.7 Å². The van der Waals surface area contributed by atoms with Crippen molar-refractivity contribution in [1.29, 1.82) is 0 Å². The molecule has 0 unspecified atom stereocenters.